The Morgan fingerprint density at radius 2 is 2.00 bits per heavy atom. The Kier molecular flexibility index (Phi) is 5.00. The van der Waals surface area contributed by atoms with Gasteiger partial charge in [0.1, 0.15) is 0 Å². The molecule has 2 atom stereocenters. The Morgan fingerprint density at radius 3 is 2.68 bits per heavy atom. The van der Waals surface area contributed by atoms with E-state index in [9.17, 15) is 5.11 Å². The van der Waals surface area contributed by atoms with Gasteiger partial charge in [-0.05, 0) is 36.8 Å². The largest absolute Gasteiger partial charge is 0.392 e. The highest BCUT2D eigenvalue weighted by Crippen LogP contribution is 2.39. The van der Waals surface area contributed by atoms with Gasteiger partial charge < -0.3 is 10.8 Å². The highest BCUT2D eigenvalue weighted by Gasteiger charge is 2.39. The molecule has 0 saturated carbocycles. The molecule has 19 heavy (non-hydrogen) atoms. The molecule has 0 heterocycles. The predicted octanol–water partition coefficient (Wildman–Crippen LogP) is 3.06. The Morgan fingerprint density at radius 1 is 1.26 bits per heavy atom. The summed E-state index contributed by atoms with van der Waals surface area (Å²) >= 11 is 0. The van der Waals surface area contributed by atoms with E-state index in [0.717, 1.165) is 32.1 Å². The van der Waals surface area contributed by atoms with Crippen molar-refractivity contribution >= 4 is 0 Å². The van der Waals surface area contributed by atoms with Crippen LogP contribution in [0.15, 0.2) is 24.3 Å². The van der Waals surface area contributed by atoms with Crippen molar-refractivity contribution in [3.8, 4) is 0 Å². The number of nitrogens with two attached hydrogens (primary N) is 1. The lowest BCUT2D eigenvalue weighted by Crippen LogP contribution is -2.46. The van der Waals surface area contributed by atoms with Crippen LogP contribution in [-0.4, -0.2) is 17.8 Å². The van der Waals surface area contributed by atoms with Crippen LogP contribution in [-0.2, 0) is 12.8 Å². The maximum atomic E-state index is 10.6. The fraction of sp³-hybridized carbons (Fsp3) is 0.647. The molecule has 2 heteroatoms. The first-order chi connectivity index (χ1) is 9.22. The van der Waals surface area contributed by atoms with Crippen molar-refractivity contribution in [2.45, 2.75) is 58.0 Å². The Labute approximate surface area is 117 Å². The summed E-state index contributed by atoms with van der Waals surface area (Å²) in [4.78, 5) is 0. The summed E-state index contributed by atoms with van der Waals surface area (Å²) in [6, 6.07) is 8.59. The van der Waals surface area contributed by atoms with Gasteiger partial charge in [0.25, 0.3) is 0 Å². The number of fused-ring (bicyclic) bond motifs is 1. The first-order valence-corrected chi connectivity index (χ1v) is 7.67. The molecule has 0 saturated heterocycles. The second-order valence-corrected chi connectivity index (χ2v) is 6.02. The summed E-state index contributed by atoms with van der Waals surface area (Å²) in [5.41, 5.74) is 8.77. The number of aliphatic hydroxyl groups excluding tert-OH is 1. The Hall–Kier alpha value is -0.860. The molecule has 0 radical (unpaired) electrons. The smallest absolute Gasteiger partial charge is 0.0611 e. The molecule has 3 N–H and O–H groups in total. The molecule has 106 valence electrons. The minimum atomic E-state index is -0.252. The van der Waals surface area contributed by atoms with E-state index in [1.807, 2.05) is 0 Å². The zero-order chi connectivity index (χ0) is 13.7. The molecule has 2 unspecified atom stereocenters. The molecular weight excluding hydrogens is 234 g/mol. The normalized spacial score (nSPS) is 23.9. The van der Waals surface area contributed by atoms with Gasteiger partial charge in [0.2, 0.25) is 0 Å². The van der Waals surface area contributed by atoms with Gasteiger partial charge in [0.05, 0.1) is 6.10 Å². The van der Waals surface area contributed by atoms with E-state index in [1.165, 1.54) is 24.0 Å². The van der Waals surface area contributed by atoms with Gasteiger partial charge in [0.15, 0.2) is 0 Å². The standard InChI is InChI=1S/C17H27NO/c1-2-3-4-9-16(19)17(13-18)11-10-14-7-5-6-8-15(14)12-17/h5-8,16,19H,2-4,9-13,18H2,1H3. The number of unbranched alkanes of at least 4 members (excludes halogenated alkanes) is 2. The molecule has 0 aliphatic heterocycles. The zero-order valence-electron chi connectivity index (χ0n) is 12.1. The number of rotatable bonds is 6. The van der Waals surface area contributed by atoms with Crippen molar-refractivity contribution in [2.75, 3.05) is 6.54 Å². The highest BCUT2D eigenvalue weighted by atomic mass is 16.3. The van der Waals surface area contributed by atoms with Crippen LogP contribution in [0.3, 0.4) is 0 Å². The monoisotopic (exact) mass is 261 g/mol. The molecule has 0 aromatic heterocycles. The lowest BCUT2D eigenvalue weighted by atomic mass is 9.67. The Balaban J connectivity index is 2.08. The summed E-state index contributed by atoms with van der Waals surface area (Å²) in [6.07, 6.45) is 7.17. The first kappa shape index (κ1) is 14.5. The van der Waals surface area contributed by atoms with Gasteiger partial charge in [-0.1, -0.05) is 50.5 Å². The maximum Gasteiger partial charge on any atom is 0.0611 e. The Bertz CT molecular complexity index is 404. The van der Waals surface area contributed by atoms with Crippen molar-refractivity contribution in [1.82, 2.24) is 0 Å². The topological polar surface area (TPSA) is 46.2 Å². The second kappa shape index (κ2) is 6.53. The predicted molar refractivity (Wildman–Crippen MR) is 80.1 cm³/mol. The van der Waals surface area contributed by atoms with Crippen LogP contribution in [0.4, 0.5) is 0 Å². The maximum absolute atomic E-state index is 10.6. The molecule has 1 aliphatic carbocycles. The van der Waals surface area contributed by atoms with Crippen LogP contribution in [0.2, 0.25) is 0 Å². The van der Waals surface area contributed by atoms with Crippen LogP contribution in [0.5, 0.6) is 0 Å². The molecule has 1 aliphatic rings. The van der Waals surface area contributed by atoms with Gasteiger partial charge in [-0.2, -0.15) is 0 Å². The van der Waals surface area contributed by atoms with Crippen molar-refractivity contribution < 1.29 is 5.11 Å². The minimum Gasteiger partial charge on any atom is -0.392 e. The van der Waals surface area contributed by atoms with E-state index >= 15 is 0 Å². The van der Waals surface area contributed by atoms with Crippen LogP contribution < -0.4 is 5.73 Å². The van der Waals surface area contributed by atoms with Gasteiger partial charge >= 0.3 is 0 Å². The van der Waals surface area contributed by atoms with Crippen molar-refractivity contribution in [3.05, 3.63) is 35.4 Å². The fourth-order valence-corrected chi connectivity index (χ4v) is 3.31. The average molecular weight is 261 g/mol. The van der Waals surface area contributed by atoms with Crippen molar-refractivity contribution in [2.24, 2.45) is 11.1 Å². The van der Waals surface area contributed by atoms with Crippen LogP contribution in [0, 0.1) is 5.41 Å². The lowest BCUT2D eigenvalue weighted by Gasteiger charge is -2.41. The summed E-state index contributed by atoms with van der Waals surface area (Å²) in [5, 5.41) is 10.6. The van der Waals surface area contributed by atoms with E-state index in [1.54, 1.807) is 0 Å². The molecular formula is C17H27NO. The van der Waals surface area contributed by atoms with Crippen LogP contribution in [0.1, 0.15) is 50.2 Å². The average Bonchev–Trinajstić information content (AvgIpc) is 2.46. The SMILES string of the molecule is CCCCCC(O)C1(CN)CCc2ccccc2C1. The fourth-order valence-electron chi connectivity index (χ4n) is 3.31. The van der Waals surface area contributed by atoms with Crippen LogP contribution in [0.25, 0.3) is 0 Å². The number of benzene rings is 1. The van der Waals surface area contributed by atoms with Crippen molar-refractivity contribution in [1.29, 1.82) is 0 Å². The number of aryl methyl sites for hydroxylation is 1. The molecule has 1 aromatic rings. The zero-order valence-corrected chi connectivity index (χ0v) is 12.1. The van der Waals surface area contributed by atoms with Gasteiger partial charge in [-0.3, -0.25) is 0 Å². The molecule has 2 nitrogen and oxygen atoms in total. The van der Waals surface area contributed by atoms with Crippen LogP contribution >= 0.6 is 0 Å². The lowest BCUT2D eigenvalue weighted by molar-refractivity contribution is 0.0116. The van der Waals surface area contributed by atoms with E-state index in [2.05, 4.69) is 31.2 Å². The molecule has 0 spiro atoms. The van der Waals surface area contributed by atoms with Gasteiger partial charge in [-0.25, -0.2) is 0 Å². The van der Waals surface area contributed by atoms with Gasteiger partial charge in [-0.15, -0.1) is 0 Å². The summed E-state index contributed by atoms with van der Waals surface area (Å²) in [5.74, 6) is 0. The summed E-state index contributed by atoms with van der Waals surface area (Å²) < 4.78 is 0. The van der Waals surface area contributed by atoms with E-state index in [4.69, 9.17) is 5.73 Å². The summed E-state index contributed by atoms with van der Waals surface area (Å²) in [7, 11) is 0. The minimum absolute atomic E-state index is 0.0951. The number of hydrogen-bond donors (Lipinski definition) is 2. The molecule has 0 fully saturated rings. The van der Waals surface area contributed by atoms with Gasteiger partial charge in [0, 0.05) is 12.0 Å². The number of aliphatic hydroxyl groups is 1. The molecule has 0 amide bonds. The quantitative estimate of drug-likeness (QED) is 0.773. The molecule has 0 bridgehead atoms. The third-order valence-corrected chi connectivity index (χ3v) is 4.75. The van der Waals surface area contributed by atoms with E-state index in [-0.39, 0.29) is 11.5 Å². The third-order valence-electron chi connectivity index (χ3n) is 4.75. The molecule has 1 aromatic carbocycles. The van der Waals surface area contributed by atoms with E-state index < -0.39 is 0 Å². The highest BCUT2D eigenvalue weighted by molar-refractivity contribution is 5.31. The summed E-state index contributed by atoms with van der Waals surface area (Å²) in [6.45, 7) is 2.79. The third kappa shape index (κ3) is 3.18. The number of hydrogen-bond acceptors (Lipinski definition) is 2. The molecule has 2 rings (SSSR count). The van der Waals surface area contributed by atoms with Crippen molar-refractivity contribution in [3.63, 3.8) is 0 Å². The second-order valence-electron chi connectivity index (χ2n) is 6.02. The van der Waals surface area contributed by atoms with E-state index in [0.29, 0.717) is 6.54 Å². The first-order valence-electron chi connectivity index (χ1n) is 7.67.